The van der Waals surface area contributed by atoms with Gasteiger partial charge in [0.1, 0.15) is 17.2 Å². The summed E-state index contributed by atoms with van der Waals surface area (Å²) in [7, 11) is 0. The van der Waals surface area contributed by atoms with Gasteiger partial charge >= 0.3 is 3.93 Å². The van der Waals surface area contributed by atoms with Gasteiger partial charge in [0.15, 0.2) is 5.60 Å². The Kier molecular flexibility index (Phi) is 6.24. The second-order valence-electron chi connectivity index (χ2n) is 8.85. The number of phenolic OH excluding ortho intramolecular Hbond substituents is 1. The third kappa shape index (κ3) is 4.16. The predicted molar refractivity (Wildman–Crippen MR) is 136 cm³/mol. The summed E-state index contributed by atoms with van der Waals surface area (Å²) >= 11 is -1.55. The van der Waals surface area contributed by atoms with Gasteiger partial charge in [-0.2, -0.15) is 8.78 Å². The second kappa shape index (κ2) is 9.05. The molecule has 3 aromatic rings. The lowest BCUT2D eigenvalue weighted by molar-refractivity contribution is -0.0541. The van der Waals surface area contributed by atoms with Crippen LogP contribution in [-0.2, 0) is 20.9 Å². The maximum absolute atomic E-state index is 14.8. The van der Waals surface area contributed by atoms with Crippen LogP contribution in [0.2, 0.25) is 0 Å². The van der Waals surface area contributed by atoms with Crippen molar-refractivity contribution in [3.05, 3.63) is 77.1 Å². The third-order valence-electron chi connectivity index (χ3n) is 6.68. The fraction of sp³-hybridized carbons (Fsp3) is 0.346. The molecule has 1 aromatic heterocycles. The van der Waals surface area contributed by atoms with Crippen molar-refractivity contribution >= 4 is 25.2 Å². The molecular weight excluding hydrogens is 553 g/mol. The smallest absolute Gasteiger partial charge is 0.331 e. The van der Waals surface area contributed by atoms with E-state index in [1.54, 1.807) is 22.8 Å². The Balaban J connectivity index is 1.32. The SMILES string of the molecule is C=IC(F)(F)c1ccc2n1-c1ccccc1OC21CCN(COCc2ccc(O)c(C)c2)CC1. The van der Waals surface area contributed by atoms with Gasteiger partial charge in [0.05, 0.1) is 24.7 Å². The maximum atomic E-state index is 14.8. The summed E-state index contributed by atoms with van der Waals surface area (Å²) in [5.41, 5.74) is 2.65. The number of hydrogen-bond donors (Lipinski definition) is 1. The van der Waals surface area contributed by atoms with Gasteiger partial charge in [-0.05, 0) is 69.1 Å². The maximum Gasteiger partial charge on any atom is 0.331 e. The Hall–Kier alpha value is -2.30. The predicted octanol–water partition coefficient (Wildman–Crippen LogP) is 5.80. The number of phenols is 1. The van der Waals surface area contributed by atoms with Crippen LogP contribution >= 0.6 is 20.7 Å². The number of ether oxygens (including phenoxy) is 2. The molecule has 1 saturated heterocycles. The van der Waals surface area contributed by atoms with E-state index in [0.29, 0.717) is 37.6 Å². The van der Waals surface area contributed by atoms with Crippen molar-refractivity contribution in [1.29, 1.82) is 0 Å². The van der Waals surface area contributed by atoms with E-state index in [-0.39, 0.29) is 11.4 Å². The number of aryl methyl sites for hydroxylation is 1. The topological polar surface area (TPSA) is 46.9 Å². The number of piperidine rings is 1. The Morgan fingerprint density at radius 2 is 1.91 bits per heavy atom. The Morgan fingerprint density at radius 3 is 2.65 bits per heavy atom. The summed E-state index contributed by atoms with van der Waals surface area (Å²) in [5.74, 6) is 0.916. The molecule has 2 aromatic carbocycles. The van der Waals surface area contributed by atoms with Crippen LogP contribution < -0.4 is 4.74 Å². The Morgan fingerprint density at radius 1 is 1.15 bits per heavy atom. The molecule has 5 rings (SSSR count). The van der Waals surface area contributed by atoms with Crippen molar-refractivity contribution in [1.82, 2.24) is 9.47 Å². The van der Waals surface area contributed by atoms with E-state index in [1.165, 1.54) is 0 Å². The molecular formula is C26H27F2IN2O3. The highest BCUT2D eigenvalue weighted by Crippen LogP contribution is 2.49. The summed E-state index contributed by atoms with van der Waals surface area (Å²) in [6.45, 7) is 4.26. The summed E-state index contributed by atoms with van der Waals surface area (Å²) < 4.78 is 44.5. The van der Waals surface area contributed by atoms with E-state index in [2.05, 4.69) is 9.41 Å². The minimum absolute atomic E-state index is 0.00961. The highest BCUT2D eigenvalue weighted by atomic mass is 127. The van der Waals surface area contributed by atoms with Crippen LogP contribution in [0.15, 0.2) is 54.6 Å². The summed E-state index contributed by atoms with van der Waals surface area (Å²) in [6, 6.07) is 16.2. The summed E-state index contributed by atoms with van der Waals surface area (Å²) in [6.07, 6.45) is 1.36. The molecule has 0 radical (unpaired) electrons. The summed E-state index contributed by atoms with van der Waals surface area (Å²) in [5, 5.41) is 9.68. The Bertz CT molecular complexity index is 1220. The molecule has 0 aliphatic carbocycles. The second-order valence-corrected chi connectivity index (χ2v) is 11.0. The normalized spacial score (nSPS) is 17.3. The van der Waals surface area contributed by atoms with Crippen LogP contribution in [0.4, 0.5) is 8.78 Å². The lowest BCUT2D eigenvalue weighted by atomic mass is 9.86. The van der Waals surface area contributed by atoms with Crippen LogP contribution in [0, 0.1) is 6.92 Å². The highest BCUT2D eigenvalue weighted by Gasteiger charge is 2.47. The lowest BCUT2D eigenvalue weighted by Gasteiger charge is -2.45. The van der Waals surface area contributed by atoms with Gasteiger partial charge in [0.2, 0.25) is 0 Å². The van der Waals surface area contributed by atoms with E-state index in [9.17, 15) is 13.9 Å². The molecule has 34 heavy (non-hydrogen) atoms. The van der Waals surface area contributed by atoms with E-state index >= 15 is 0 Å². The van der Waals surface area contributed by atoms with Gasteiger partial charge < -0.3 is 19.1 Å². The number of alkyl halides is 3. The number of nitrogens with zero attached hydrogens (tertiary/aromatic N) is 2. The Labute approximate surface area is 207 Å². The number of rotatable bonds is 6. The van der Waals surface area contributed by atoms with Crippen molar-refractivity contribution in [2.24, 2.45) is 0 Å². The first-order valence-electron chi connectivity index (χ1n) is 11.2. The summed E-state index contributed by atoms with van der Waals surface area (Å²) in [4.78, 5) is 2.21. The number of hydrogen-bond acceptors (Lipinski definition) is 4. The molecule has 1 fully saturated rings. The highest BCUT2D eigenvalue weighted by molar-refractivity contribution is 14.2. The monoisotopic (exact) mass is 580 g/mol. The molecule has 0 amide bonds. The zero-order valence-corrected chi connectivity index (χ0v) is 21.1. The van der Waals surface area contributed by atoms with Crippen molar-refractivity contribution in [2.45, 2.75) is 35.9 Å². The number of aromatic nitrogens is 1. The van der Waals surface area contributed by atoms with E-state index in [1.807, 2.05) is 43.3 Å². The number of halogens is 3. The van der Waals surface area contributed by atoms with Gasteiger partial charge in [-0.25, -0.2) is 0 Å². The minimum atomic E-state index is -2.91. The third-order valence-corrected chi connectivity index (χ3v) is 8.20. The molecule has 0 atom stereocenters. The first kappa shape index (κ1) is 23.4. The molecule has 0 bridgehead atoms. The zero-order valence-electron chi connectivity index (χ0n) is 18.9. The number of benzene rings is 2. The number of aromatic hydroxyl groups is 1. The van der Waals surface area contributed by atoms with Crippen molar-refractivity contribution in [2.75, 3.05) is 19.8 Å². The van der Waals surface area contributed by atoms with Gasteiger partial charge in [-0.1, -0.05) is 28.8 Å². The van der Waals surface area contributed by atoms with Crippen LogP contribution in [0.5, 0.6) is 11.5 Å². The van der Waals surface area contributed by atoms with Crippen molar-refractivity contribution < 1.29 is 23.4 Å². The van der Waals surface area contributed by atoms with E-state index < -0.39 is 30.3 Å². The zero-order chi connectivity index (χ0) is 23.9. The molecule has 0 unspecified atom stereocenters. The average Bonchev–Trinajstić information content (AvgIpc) is 3.30. The molecule has 8 heteroatoms. The van der Waals surface area contributed by atoms with Gasteiger partial charge in [0, 0.05) is 25.9 Å². The first-order chi connectivity index (χ1) is 16.3. The van der Waals surface area contributed by atoms with Crippen molar-refractivity contribution in [3.63, 3.8) is 0 Å². The van der Waals surface area contributed by atoms with Gasteiger partial charge in [-0.3, -0.25) is 4.90 Å². The van der Waals surface area contributed by atoms with Crippen LogP contribution in [0.25, 0.3) is 5.69 Å². The molecule has 180 valence electrons. The fourth-order valence-electron chi connectivity index (χ4n) is 4.83. The number of para-hydroxylation sites is 2. The van der Waals surface area contributed by atoms with Gasteiger partial charge in [0.25, 0.3) is 0 Å². The molecule has 0 saturated carbocycles. The number of fused-ring (bicyclic) bond motifs is 4. The van der Waals surface area contributed by atoms with E-state index in [0.717, 1.165) is 29.9 Å². The molecule has 5 nitrogen and oxygen atoms in total. The minimum Gasteiger partial charge on any atom is -0.508 e. The molecule has 3 heterocycles. The molecule has 1 spiro atoms. The first-order valence-corrected chi connectivity index (χ1v) is 13.8. The van der Waals surface area contributed by atoms with Crippen LogP contribution in [0.3, 0.4) is 0 Å². The van der Waals surface area contributed by atoms with E-state index in [4.69, 9.17) is 9.47 Å². The number of likely N-dealkylation sites (tertiary alicyclic amines) is 1. The lowest BCUT2D eigenvalue weighted by Crippen LogP contribution is -2.49. The fourth-order valence-corrected chi connectivity index (χ4v) is 5.65. The van der Waals surface area contributed by atoms with Gasteiger partial charge in [-0.15, -0.1) is 0 Å². The largest absolute Gasteiger partial charge is 0.508 e. The molecule has 1 N–H and O–H groups in total. The quantitative estimate of drug-likeness (QED) is 0.296. The standard InChI is InChI=1S/C26H27F2IN2O3/c1-18-15-19(7-8-21(18)32)16-33-17-30-13-11-25(12-14-30)23-9-10-24(26(27,28)29-2)31(23)20-5-3-4-6-22(20)34-25/h3-10,15,32H,2,11-14,16-17H2,1H3. The van der Waals surface area contributed by atoms with Crippen LogP contribution in [-0.4, -0.2) is 38.9 Å². The average molecular weight is 580 g/mol. The van der Waals surface area contributed by atoms with Crippen LogP contribution in [0.1, 0.15) is 35.4 Å². The molecule has 2 aliphatic rings. The molecule has 2 aliphatic heterocycles. The van der Waals surface area contributed by atoms with Crippen molar-refractivity contribution in [3.8, 4) is 17.2 Å².